The molecule has 1 aliphatic rings. The maximum absolute atomic E-state index is 12.5. The van der Waals surface area contributed by atoms with Crippen molar-refractivity contribution in [3.8, 4) is 0 Å². The van der Waals surface area contributed by atoms with Gasteiger partial charge in [-0.3, -0.25) is 4.79 Å². The molecule has 3 rings (SSSR count). The molecule has 0 spiro atoms. The molecule has 0 aliphatic heterocycles. The van der Waals surface area contributed by atoms with Gasteiger partial charge in [-0.25, -0.2) is 0 Å². The molecule has 0 aromatic heterocycles. The Balaban J connectivity index is 1.91. The minimum absolute atomic E-state index is 0.0504. The van der Waals surface area contributed by atoms with E-state index in [9.17, 15) is 4.79 Å². The number of carbonyl (C=O) groups excluding carboxylic acids is 1. The smallest absolute Gasteiger partial charge is 0.252 e. The van der Waals surface area contributed by atoms with Crippen molar-refractivity contribution < 1.29 is 4.79 Å². The van der Waals surface area contributed by atoms with Gasteiger partial charge in [0.25, 0.3) is 5.91 Å². The highest BCUT2D eigenvalue weighted by molar-refractivity contribution is 9.10. The largest absolute Gasteiger partial charge is 0.349 e. The highest BCUT2D eigenvalue weighted by Crippen LogP contribution is 2.27. The van der Waals surface area contributed by atoms with Crippen molar-refractivity contribution in [2.75, 3.05) is 0 Å². The number of amides is 1. The van der Waals surface area contributed by atoms with Gasteiger partial charge in [-0.05, 0) is 30.4 Å². The van der Waals surface area contributed by atoms with Crippen LogP contribution in [0.4, 0.5) is 0 Å². The van der Waals surface area contributed by atoms with Crippen molar-refractivity contribution in [3.05, 3.63) is 46.4 Å². The van der Waals surface area contributed by atoms with E-state index in [1.54, 1.807) is 0 Å². The van der Waals surface area contributed by atoms with E-state index in [0.717, 1.165) is 33.7 Å². The first-order valence-electron chi connectivity index (χ1n) is 7.24. The van der Waals surface area contributed by atoms with Gasteiger partial charge < -0.3 is 5.32 Å². The van der Waals surface area contributed by atoms with Gasteiger partial charge in [0.2, 0.25) is 0 Å². The lowest BCUT2D eigenvalue weighted by Crippen LogP contribution is -2.36. The summed E-state index contributed by atoms with van der Waals surface area (Å²) in [6.45, 7) is 0. The molecule has 1 N–H and O–H groups in total. The summed E-state index contributed by atoms with van der Waals surface area (Å²) in [6, 6.07) is 12.3. The summed E-state index contributed by atoms with van der Waals surface area (Å²) in [5, 5.41) is 5.29. The molecule has 2 aromatic rings. The molecular formula is C17H18BrNO. The van der Waals surface area contributed by atoms with Crippen LogP contribution in [0.5, 0.6) is 0 Å². The van der Waals surface area contributed by atoms with Crippen LogP contribution in [0.25, 0.3) is 10.8 Å². The van der Waals surface area contributed by atoms with E-state index < -0.39 is 0 Å². The van der Waals surface area contributed by atoms with E-state index in [0.29, 0.717) is 6.04 Å². The number of nitrogens with one attached hydrogen (secondary N) is 1. The van der Waals surface area contributed by atoms with Gasteiger partial charge in [0.1, 0.15) is 0 Å². The van der Waals surface area contributed by atoms with E-state index >= 15 is 0 Å². The number of hydrogen-bond donors (Lipinski definition) is 1. The fourth-order valence-corrected chi connectivity index (χ4v) is 3.59. The maximum atomic E-state index is 12.5. The summed E-state index contributed by atoms with van der Waals surface area (Å²) in [5.41, 5.74) is 0.764. The maximum Gasteiger partial charge on any atom is 0.252 e. The van der Waals surface area contributed by atoms with Gasteiger partial charge in [-0.2, -0.15) is 0 Å². The molecule has 0 heterocycles. The van der Waals surface area contributed by atoms with Crippen LogP contribution in [0, 0.1) is 0 Å². The third kappa shape index (κ3) is 2.73. The molecule has 0 atom stereocenters. The Bertz CT molecular complexity index is 627. The zero-order valence-electron chi connectivity index (χ0n) is 11.4. The van der Waals surface area contributed by atoms with Gasteiger partial charge >= 0.3 is 0 Å². The van der Waals surface area contributed by atoms with Crippen LogP contribution in [-0.4, -0.2) is 11.9 Å². The van der Waals surface area contributed by atoms with E-state index in [-0.39, 0.29) is 5.91 Å². The van der Waals surface area contributed by atoms with Crippen molar-refractivity contribution in [2.45, 2.75) is 38.1 Å². The topological polar surface area (TPSA) is 29.1 Å². The first-order valence-corrected chi connectivity index (χ1v) is 8.03. The fraction of sp³-hybridized carbons (Fsp3) is 0.353. The average molecular weight is 332 g/mol. The third-order valence-corrected chi connectivity index (χ3v) is 4.70. The fourth-order valence-electron chi connectivity index (χ4n) is 2.99. The Kier molecular flexibility index (Phi) is 4.06. The van der Waals surface area contributed by atoms with Crippen LogP contribution in [0.3, 0.4) is 0 Å². The number of fused-ring (bicyclic) bond motifs is 1. The average Bonchev–Trinajstić information content (AvgIpc) is 2.48. The zero-order chi connectivity index (χ0) is 13.9. The number of rotatable bonds is 2. The number of carbonyl (C=O) groups is 1. The molecular weight excluding hydrogens is 314 g/mol. The molecule has 104 valence electrons. The number of hydrogen-bond acceptors (Lipinski definition) is 1. The Morgan fingerprint density at radius 3 is 2.50 bits per heavy atom. The summed E-state index contributed by atoms with van der Waals surface area (Å²) in [4.78, 5) is 12.5. The first kappa shape index (κ1) is 13.6. The molecule has 0 saturated heterocycles. The second kappa shape index (κ2) is 5.96. The Morgan fingerprint density at radius 2 is 1.75 bits per heavy atom. The van der Waals surface area contributed by atoms with Gasteiger partial charge in [0.05, 0.1) is 0 Å². The van der Waals surface area contributed by atoms with Crippen molar-refractivity contribution in [3.63, 3.8) is 0 Å². The van der Waals surface area contributed by atoms with Crippen LogP contribution < -0.4 is 5.32 Å². The summed E-state index contributed by atoms with van der Waals surface area (Å²) in [5.74, 6) is 0.0504. The lowest BCUT2D eigenvalue weighted by Gasteiger charge is -2.23. The van der Waals surface area contributed by atoms with Gasteiger partial charge in [0, 0.05) is 21.5 Å². The van der Waals surface area contributed by atoms with Crippen LogP contribution in [0.1, 0.15) is 42.5 Å². The minimum atomic E-state index is 0.0504. The van der Waals surface area contributed by atoms with Gasteiger partial charge in [0.15, 0.2) is 0 Å². The van der Waals surface area contributed by atoms with E-state index in [1.807, 2.05) is 36.4 Å². The molecule has 1 amide bonds. The molecule has 0 unspecified atom stereocenters. The van der Waals surface area contributed by atoms with Crippen molar-refractivity contribution >= 4 is 32.6 Å². The quantitative estimate of drug-likeness (QED) is 0.851. The summed E-state index contributed by atoms with van der Waals surface area (Å²) < 4.78 is 0.976. The van der Waals surface area contributed by atoms with Crippen LogP contribution >= 0.6 is 15.9 Å². The first-order chi connectivity index (χ1) is 9.75. The summed E-state index contributed by atoms with van der Waals surface area (Å²) in [7, 11) is 0. The SMILES string of the molecule is O=C(NC1CCCCC1)c1cccc2cccc(Br)c12. The van der Waals surface area contributed by atoms with Crippen LogP contribution in [0.2, 0.25) is 0 Å². The van der Waals surface area contributed by atoms with Gasteiger partial charge in [-0.1, -0.05) is 59.5 Å². The Hall–Kier alpha value is -1.35. The normalized spacial score (nSPS) is 16.2. The lowest BCUT2D eigenvalue weighted by atomic mass is 9.95. The molecule has 1 aliphatic carbocycles. The number of halogens is 1. The van der Waals surface area contributed by atoms with Crippen molar-refractivity contribution in [1.82, 2.24) is 5.32 Å². The summed E-state index contributed by atoms with van der Waals surface area (Å²) in [6.07, 6.45) is 5.97. The van der Waals surface area contributed by atoms with Crippen molar-refractivity contribution in [1.29, 1.82) is 0 Å². The molecule has 0 bridgehead atoms. The lowest BCUT2D eigenvalue weighted by molar-refractivity contribution is 0.0929. The van der Waals surface area contributed by atoms with E-state index in [2.05, 4.69) is 21.2 Å². The van der Waals surface area contributed by atoms with Crippen LogP contribution in [-0.2, 0) is 0 Å². The van der Waals surface area contributed by atoms with E-state index in [4.69, 9.17) is 0 Å². The monoisotopic (exact) mass is 331 g/mol. The Labute approximate surface area is 127 Å². The third-order valence-electron chi connectivity index (χ3n) is 4.04. The minimum Gasteiger partial charge on any atom is -0.349 e. The molecule has 3 heteroatoms. The molecule has 0 radical (unpaired) electrons. The van der Waals surface area contributed by atoms with E-state index in [1.165, 1.54) is 19.3 Å². The molecule has 2 aromatic carbocycles. The van der Waals surface area contributed by atoms with Gasteiger partial charge in [-0.15, -0.1) is 0 Å². The molecule has 2 nitrogen and oxygen atoms in total. The summed E-state index contributed by atoms with van der Waals surface area (Å²) >= 11 is 3.56. The second-order valence-corrected chi connectivity index (χ2v) is 6.31. The predicted octanol–water partition coefficient (Wildman–Crippen LogP) is 4.66. The predicted molar refractivity (Wildman–Crippen MR) is 86.0 cm³/mol. The second-order valence-electron chi connectivity index (χ2n) is 5.45. The molecule has 20 heavy (non-hydrogen) atoms. The standard InChI is InChI=1S/C17H18BrNO/c18-15-11-5-7-12-6-4-10-14(16(12)15)17(20)19-13-8-2-1-3-9-13/h4-7,10-11,13H,1-3,8-9H2,(H,19,20). The Morgan fingerprint density at radius 1 is 1.05 bits per heavy atom. The highest BCUT2D eigenvalue weighted by Gasteiger charge is 2.18. The molecule has 1 fully saturated rings. The highest BCUT2D eigenvalue weighted by atomic mass is 79.9. The zero-order valence-corrected chi connectivity index (χ0v) is 12.9. The number of benzene rings is 2. The van der Waals surface area contributed by atoms with Crippen molar-refractivity contribution in [2.24, 2.45) is 0 Å². The van der Waals surface area contributed by atoms with Crippen LogP contribution in [0.15, 0.2) is 40.9 Å². The molecule has 1 saturated carbocycles.